The number of benzene rings is 1. The summed E-state index contributed by atoms with van der Waals surface area (Å²) in [6.07, 6.45) is 3.95. The second kappa shape index (κ2) is 5.00. The van der Waals surface area contributed by atoms with E-state index >= 15 is 0 Å². The quantitative estimate of drug-likeness (QED) is 0.837. The minimum atomic E-state index is 0. The highest BCUT2D eigenvalue weighted by atomic mass is 35.5. The van der Waals surface area contributed by atoms with E-state index in [9.17, 15) is 0 Å². The van der Waals surface area contributed by atoms with Gasteiger partial charge in [0.25, 0.3) is 0 Å². The molecule has 0 aliphatic heterocycles. The molecule has 0 saturated heterocycles. The zero-order chi connectivity index (χ0) is 10.1. The van der Waals surface area contributed by atoms with Crippen LogP contribution in [0.3, 0.4) is 0 Å². The van der Waals surface area contributed by atoms with Crippen LogP contribution >= 0.6 is 12.4 Å². The fourth-order valence-corrected chi connectivity index (χ4v) is 2.00. The lowest BCUT2D eigenvalue weighted by Gasteiger charge is -2.15. The average molecular weight is 226 g/mol. The molecule has 0 amide bonds. The first-order valence-corrected chi connectivity index (χ1v) is 5.49. The molecule has 1 saturated carbocycles. The maximum atomic E-state index is 6.21. The fraction of sp³-hybridized carbons (Fsp3) is 0.538. The molecule has 84 valence electrons. The van der Waals surface area contributed by atoms with E-state index in [1.165, 1.54) is 36.0 Å². The second-order valence-electron chi connectivity index (χ2n) is 4.65. The van der Waals surface area contributed by atoms with Gasteiger partial charge in [0.05, 0.1) is 0 Å². The summed E-state index contributed by atoms with van der Waals surface area (Å²) in [4.78, 5) is 0. The number of hydrogen-bond acceptors (Lipinski definition) is 1. The van der Waals surface area contributed by atoms with Crippen LogP contribution in [0.5, 0.6) is 0 Å². The molecular weight excluding hydrogens is 206 g/mol. The van der Waals surface area contributed by atoms with Gasteiger partial charge in [0.1, 0.15) is 0 Å². The van der Waals surface area contributed by atoms with E-state index in [4.69, 9.17) is 5.73 Å². The highest BCUT2D eigenvalue weighted by molar-refractivity contribution is 5.85. The first kappa shape index (κ1) is 12.5. The van der Waals surface area contributed by atoms with Crippen molar-refractivity contribution in [1.82, 2.24) is 0 Å². The molecule has 0 radical (unpaired) electrons. The standard InChI is InChI=1S/C13H19N.ClH/c1-9-3-4-10(2)12(7-9)13(14)8-11-5-6-11;/h3-4,7,11,13H,5-6,8,14H2,1-2H3;1H/t13-;/m1./s1. The van der Waals surface area contributed by atoms with E-state index in [1.54, 1.807) is 0 Å². The van der Waals surface area contributed by atoms with Gasteiger partial charge in [0.15, 0.2) is 0 Å². The Morgan fingerprint density at radius 3 is 2.60 bits per heavy atom. The monoisotopic (exact) mass is 225 g/mol. The van der Waals surface area contributed by atoms with Crippen LogP contribution < -0.4 is 5.73 Å². The van der Waals surface area contributed by atoms with Gasteiger partial charge in [-0.2, -0.15) is 0 Å². The summed E-state index contributed by atoms with van der Waals surface area (Å²) in [5.41, 5.74) is 10.2. The van der Waals surface area contributed by atoms with E-state index in [-0.39, 0.29) is 18.4 Å². The summed E-state index contributed by atoms with van der Waals surface area (Å²) < 4.78 is 0. The second-order valence-corrected chi connectivity index (χ2v) is 4.65. The molecule has 0 aromatic heterocycles. The van der Waals surface area contributed by atoms with Crippen LogP contribution in [-0.2, 0) is 0 Å². The largest absolute Gasteiger partial charge is 0.324 e. The molecule has 1 fully saturated rings. The van der Waals surface area contributed by atoms with E-state index in [2.05, 4.69) is 32.0 Å². The molecule has 0 unspecified atom stereocenters. The molecule has 1 aliphatic carbocycles. The summed E-state index contributed by atoms with van der Waals surface area (Å²) >= 11 is 0. The number of hydrogen-bond donors (Lipinski definition) is 1. The van der Waals surface area contributed by atoms with Gasteiger partial charge >= 0.3 is 0 Å². The molecule has 1 aromatic rings. The molecular formula is C13H20ClN. The van der Waals surface area contributed by atoms with Crippen molar-refractivity contribution in [3.8, 4) is 0 Å². The Kier molecular flexibility index (Phi) is 4.18. The minimum Gasteiger partial charge on any atom is -0.324 e. The normalized spacial score (nSPS) is 17.0. The molecule has 0 bridgehead atoms. The number of halogens is 1. The molecule has 2 N–H and O–H groups in total. The van der Waals surface area contributed by atoms with E-state index < -0.39 is 0 Å². The van der Waals surface area contributed by atoms with Gasteiger partial charge in [-0.15, -0.1) is 12.4 Å². The minimum absolute atomic E-state index is 0. The van der Waals surface area contributed by atoms with Crippen LogP contribution in [0.25, 0.3) is 0 Å². The summed E-state index contributed by atoms with van der Waals surface area (Å²) in [5, 5.41) is 0. The van der Waals surface area contributed by atoms with Crippen LogP contribution in [0.1, 0.15) is 42.0 Å². The smallest absolute Gasteiger partial charge is 0.0300 e. The van der Waals surface area contributed by atoms with Crippen LogP contribution in [0.2, 0.25) is 0 Å². The third-order valence-electron chi connectivity index (χ3n) is 3.12. The number of nitrogens with two attached hydrogens (primary N) is 1. The van der Waals surface area contributed by atoms with Crippen molar-refractivity contribution in [1.29, 1.82) is 0 Å². The highest BCUT2D eigenvalue weighted by Crippen LogP contribution is 2.37. The Labute approximate surface area is 98.5 Å². The van der Waals surface area contributed by atoms with Crippen molar-refractivity contribution < 1.29 is 0 Å². The van der Waals surface area contributed by atoms with Gasteiger partial charge in [-0.05, 0) is 37.3 Å². The molecule has 15 heavy (non-hydrogen) atoms. The Bertz CT molecular complexity index is 331. The van der Waals surface area contributed by atoms with Crippen LogP contribution in [0, 0.1) is 19.8 Å². The third-order valence-corrected chi connectivity index (χ3v) is 3.12. The zero-order valence-corrected chi connectivity index (χ0v) is 10.3. The molecule has 0 spiro atoms. The molecule has 0 heterocycles. The summed E-state index contributed by atoms with van der Waals surface area (Å²) in [6, 6.07) is 6.82. The Morgan fingerprint density at radius 2 is 2.00 bits per heavy atom. The summed E-state index contributed by atoms with van der Waals surface area (Å²) in [5.74, 6) is 0.907. The first-order valence-electron chi connectivity index (χ1n) is 5.49. The Morgan fingerprint density at radius 1 is 1.33 bits per heavy atom. The van der Waals surface area contributed by atoms with Crippen LogP contribution in [0.4, 0.5) is 0 Å². The van der Waals surface area contributed by atoms with E-state index in [1.807, 2.05) is 0 Å². The number of rotatable bonds is 3. The number of aryl methyl sites for hydroxylation is 2. The average Bonchev–Trinajstić information content (AvgIpc) is 2.93. The Balaban J connectivity index is 0.00000112. The predicted molar refractivity (Wildman–Crippen MR) is 67.4 cm³/mol. The van der Waals surface area contributed by atoms with E-state index in [0.29, 0.717) is 0 Å². The van der Waals surface area contributed by atoms with Crippen molar-refractivity contribution in [2.45, 2.75) is 39.2 Å². The van der Waals surface area contributed by atoms with Crippen LogP contribution in [0.15, 0.2) is 18.2 Å². The maximum absolute atomic E-state index is 6.21. The van der Waals surface area contributed by atoms with Crippen molar-refractivity contribution >= 4 is 12.4 Å². The predicted octanol–water partition coefficient (Wildman–Crippen LogP) is 3.53. The molecule has 2 rings (SSSR count). The van der Waals surface area contributed by atoms with Gasteiger partial charge in [-0.1, -0.05) is 36.6 Å². The lowest BCUT2D eigenvalue weighted by molar-refractivity contribution is 0.594. The van der Waals surface area contributed by atoms with Crippen molar-refractivity contribution in [3.05, 3.63) is 34.9 Å². The van der Waals surface area contributed by atoms with Gasteiger partial charge < -0.3 is 5.73 Å². The van der Waals surface area contributed by atoms with Gasteiger partial charge in [0.2, 0.25) is 0 Å². The van der Waals surface area contributed by atoms with E-state index in [0.717, 1.165) is 5.92 Å². The lowest BCUT2D eigenvalue weighted by atomic mass is 9.96. The molecule has 1 atom stereocenters. The molecule has 1 nitrogen and oxygen atoms in total. The van der Waals surface area contributed by atoms with Crippen molar-refractivity contribution in [2.24, 2.45) is 11.7 Å². The molecule has 1 aliphatic rings. The molecule has 1 aromatic carbocycles. The topological polar surface area (TPSA) is 26.0 Å². The first-order chi connectivity index (χ1) is 6.66. The van der Waals surface area contributed by atoms with Gasteiger partial charge in [0, 0.05) is 6.04 Å². The van der Waals surface area contributed by atoms with Crippen LogP contribution in [-0.4, -0.2) is 0 Å². The SMILES string of the molecule is Cc1ccc(C)c([C@H](N)CC2CC2)c1.Cl. The van der Waals surface area contributed by atoms with Gasteiger partial charge in [-0.3, -0.25) is 0 Å². The molecule has 2 heteroatoms. The zero-order valence-electron chi connectivity index (χ0n) is 9.49. The van der Waals surface area contributed by atoms with Gasteiger partial charge in [-0.25, -0.2) is 0 Å². The third kappa shape index (κ3) is 3.22. The Hall–Kier alpha value is -0.530. The van der Waals surface area contributed by atoms with Crippen molar-refractivity contribution in [3.63, 3.8) is 0 Å². The summed E-state index contributed by atoms with van der Waals surface area (Å²) in [7, 11) is 0. The highest BCUT2D eigenvalue weighted by Gasteiger charge is 2.24. The fourth-order valence-electron chi connectivity index (χ4n) is 2.00. The lowest BCUT2D eigenvalue weighted by Crippen LogP contribution is -2.12. The van der Waals surface area contributed by atoms with Crippen molar-refractivity contribution in [2.75, 3.05) is 0 Å². The summed E-state index contributed by atoms with van der Waals surface area (Å²) in [6.45, 7) is 4.29. The maximum Gasteiger partial charge on any atom is 0.0300 e.